The number of rotatable bonds is 4. The third-order valence-corrected chi connectivity index (χ3v) is 5.16. The molecule has 9 nitrogen and oxygen atoms in total. The number of hydrogen-bond donors (Lipinski definition) is 1. The molecule has 2 aliphatic rings. The average Bonchev–Trinajstić information content (AvgIpc) is 2.92. The van der Waals surface area contributed by atoms with E-state index >= 15 is 0 Å². The molecule has 1 spiro atoms. The molecule has 0 saturated carbocycles. The minimum Gasteiger partial charge on any atom is -0.341 e. The highest BCUT2D eigenvalue weighted by atomic mass is 35.5. The molecule has 4 heterocycles. The summed E-state index contributed by atoms with van der Waals surface area (Å²) in [6, 6.07) is 6.22. The van der Waals surface area contributed by atoms with E-state index in [1.165, 1.54) is 15.5 Å². The topological polar surface area (TPSA) is 100 Å². The van der Waals surface area contributed by atoms with Crippen LogP contribution in [0.3, 0.4) is 0 Å². The Morgan fingerprint density at radius 1 is 1.00 bits per heavy atom. The molecular formula is C18H21ClN6O3. The average molecular weight is 405 g/mol. The molecule has 2 aromatic heterocycles. The predicted molar refractivity (Wildman–Crippen MR) is 104 cm³/mol. The second-order valence-corrected chi connectivity index (χ2v) is 6.74. The molecule has 0 bridgehead atoms. The van der Waals surface area contributed by atoms with Gasteiger partial charge in [-0.3, -0.25) is 14.5 Å². The fourth-order valence-electron chi connectivity index (χ4n) is 3.61. The van der Waals surface area contributed by atoms with Gasteiger partial charge in [-0.2, -0.15) is 0 Å². The largest absolute Gasteiger partial charge is 0.341 e. The molecule has 0 aromatic carbocycles. The van der Waals surface area contributed by atoms with Crippen LogP contribution in [0.1, 0.15) is 12.8 Å². The van der Waals surface area contributed by atoms with Crippen LogP contribution in [-0.2, 0) is 11.3 Å². The summed E-state index contributed by atoms with van der Waals surface area (Å²) in [5.74, 6) is 0.412. The van der Waals surface area contributed by atoms with Gasteiger partial charge in [0.1, 0.15) is 5.54 Å². The number of piperidine rings is 1. The summed E-state index contributed by atoms with van der Waals surface area (Å²) >= 11 is 0. The molecule has 1 N–H and O–H groups in total. The molecular weight excluding hydrogens is 384 g/mol. The number of halogens is 1. The highest BCUT2D eigenvalue weighted by Crippen LogP contribution is 2.30. The predicted octanol–water partition coefficient (Wildman–Crippen LogP) is 0.651. The van der Waals surface area contributed by atoms with Gasteiger partial charge in [-0.25, -0.2) is 14.8 Å². The van der Waals surface area contributed by atoms with E-state index in [-0.39, 0.29) is 37.0 Å². The van der Waals surface area contributed by atoms with Gasteiger partial charge in [0, 0.05) is 50.8 Å². The zero-order chi connectivity index (χ0) is 18.9. The zero-order valence-electron chi connectivity index (χ0n) is 15.2. The Bertz CT molecular complexity index is 911. The molecule has 0 aliphatic carbocycles. The molecule has 2 aromatic rings. The molecule has 2 aliphatic heterocycles. The van der Waals surface area contributed by atoms with Crippen molar-refractivity contribution in [3.63, 3.8) is 0 Å². The summed E-state index contributed by atoms with van der Waals surface area (Å²) in [5, 5.41) is 2.87. The standard InChI is InChI=1S/C18H20N6O3.ClH/c25-14-4-1-2-9-22(14)12-13-24-15(26)18(21-17(24)27)5-10-23(11-6-18)16-19-7-3-8-20-16;/h1-4,7-9H,5-6,10-13H2,(H,21,27);1H. The van der Waals surface area contributed by atoms with Crippen molar-refractivity contribution in [3.8, 4) is 0 Å². The second-order valence-electron chi connectivity index (χ2n) is 6.74. The van der Waals surface area contributed by atoms with Gasteiger partial charge in [0.2, 0.25) is 5.95 Å². The number of aromatic nitrogens is 3. The van der Waals surface area contributed by atoms with Crippen molar-refractivity contribution in [2.75, 3.05) is 24.5 Å². The Morgan fingerprint density at radius 3 is 2.39 bits per heavy atom. The van der Waals surface area contributed by atoms with Crippen LogP contribution in [0.15, 0.2) is 47.7 Å². The maximum Gasteiger partial charge on any atom is 0.325 e. The minimum absolute atomic E-state index is 0. The lowest BCUT2D eigenvalue weighted by molar-refractivity contribution is -0.132. The van der Waals surface area contributed by atoms with E-state index in [0.717, 1.165) is 0 Å². The van der Waals surface area contributed by atoms with Crippen molar-refractivity contribution in [3.05, 3.63) is 53.2 Å². The first-order valence-electron chi connectivity index (χ1n) is 8.91. The van der Waals surface area contributed by atoms with Crippen molar-refractivity contribution >= 4 is 30.3 Å². The molecule has 0 unspecified atom stereocenters. The molecule has 10 heteroatoms. The van der Waals surface area contributed by atoms with Crippen LogP contribution in [0.5, 0.6) is 0 Å². The molecule has 2 fully saturated rings. The molecule has 2 saturated heterocycles. The van der Waals surface area contributed by atoms with E-state index in [9.17, 15) is 14.4 Å². The summed E-state index contributed by atoms with van der Waals surface area (Å²) in [7, 11) is 0. The molecule has 0 atom stereocenters. The number of amides is 3. The number of carbonyl (C=O) groups is 2. The quantitative estimate of drug-likeness (QED) is 0.751. The van der Waals surface area contributed by atoms with Crippen LogP contribution in [0.2, 0.25) is 0 Å². The van der Waals surface area contributed by atoms with Crippen LogP contribution in [0, 0.1) is 0 Å². The van der Waals surface area contributed by atoms with E-state index < -0.39 is 11.6 Å². The van der Waals surface area contributed by atoms with E-state index in [4.69, 9.17) is 0 Å². The van der Waals surface area contributed by atoms with Gasteiger partial charge in [-0.05, 0) is 25.0 Å². The molecule has 0 radical (unpaired) electrons. The van der Waals surface area contributed by atoms with Gasteiger partial charge in [0.25, 0.3) is 11.5 Å². The van der Waals surface area contributed by atoms with Crippen LogP contribution >= 0.6 is 12.4 Å². The highest BCUT2D eigenvalue weighted by molar-refractivity contribution is 6.07. The van der Waals surface area contributed by atoms with Crippen LogP contribution in [-0.4, -0.2) is 56.5 Å². The van der Waals surface area contributed by atoms with E-state index in [0.29, 0.717) is 31.9 Å². The van der Waals surface area contributed by atoms with Gasteiger partial charge < -0.3 is 14.8 Å². The van der Waals surface area contributed by atoms with E-state index in [1.807, 2.05) is 4.90 Å². The first kappa shape index (κ1) is 19.8. The fourth-order valence-corrected chi connectivity index (χ4v) is 3.61. The van der Waals surface area contributed by atoms with Gasteiger partial charge in [0.05, 0.1) is 0 Å². The minimum atomic E-state index is -0.871. The Labute approximate surface area is 167 Å². The first-order valence-corrected chi connectivity index (χ1v) is 8.91. The number of urea groups is 1. The van der Waals surface area contributed by atoms with E-state index in [2.05, 4.69) is 15.3 Å². The highest BCUT2D eigenvalue weighted by Gasteiger charge is 2.52. The van der Waals surface area contributed by atoms with Gasteiger partial charge in [-0.1, -0.05) is 6.07 Å². The van der Waals surface area contributed by atoms with Crippen LogP contribution in [0.4, 0.5) is 10.7 Å². The monoisotopic (exact) mass is 404 g/mol. The van der Waals surface area contributed by atoms with Crippen molar-refractivity contribution in [2.24, 2.45) is 0 Å². The zero-order valence-corrected chi connectivity index (χ0v) is 16.0. The lowest BCUT2D eigenvalue weighted by Gasteiger charge is -2.37. The third kappa shape index (κ3) is 3.57. The Morgan fingerprint density at radius 2 is 1.71 bits per heavy atom. The number of hydrogen-bond acceptors (Lipinski definition) is 6. The Hall–Kier alpha value is -2.94. The summed E-state index contributed by atoms with van der Waals surface area (Å²) in [5.41, 5.74) is -1.03. The normalized spacial score (nSPS) is 18.1. The summed E-state index contributed by atoms with van der Waals surface area (Å²) in [6.45, 7) is 1.62. The van der Waals surface area contributed by atoms with Gasteiger partial charge in [-0.15, -0.1) is 12.4 Å². The van der Waals surface area contributed by atoms with E-state index in [1.54, 1.807) is 36.8 Å². The summed E-state index contributed by atoms with van der Waals surface area (Å²) in [4.78, 5) is 48.8. The second kappa shape index (κ2) is 7.97. The number of anilines is 1. The Kier molecular flexibility index (Phi) is 5.64. The number of nitrogens with zero attached hydrogens (tertiary/aromatic N) is 5. The molecule has 28 heavy (non-hydrogen) atoms. The number of imide groups is 1. The molecule has 4 rings (SSSR count). The van der Waals surface area contributed by atoms with Gasteiger partial charge >= 0.3 is 6.03 Å². The first-order chi connectivity index (χ1) is 13.1. The molecule has 3 amide bonds. The fraction of sp³-hybridized carbons (Fsp3) is 0.389. The van der Waals surface area contributed by atoms with Crippen LogP contribution in [0.25, 0.3) is 0 Å². The van der Waals surface area contributed by atoms with Crippen LogP contribution < -0.4 is 15.8 Å². The number of carbonyl (C=O) groups excluding carboxylic acids is 2. The summed E-state index contributed by atoms with van der Waals surface area (Å²) < 4.78 is 1.49. The maximum atomic E-state index is 12.9. The van der Waals surface area contributed by atoms with Gasteiger partial charge in [0.15, 0.2) is 0 Å². The maximum absolute atomic E-state index is 12.9. The SMILES string of the molecule is Cl.O=C1NC2(CCN(c3ncccn3)CC2)C(=O)N1CCn1ccccc1=O. The number of nitrogens with one attached hydrogen (secondary N) is 1. The Balaban J connectivity index is 0.00000225. The molecule has 148 valence electrons. The van der Waals surface area contributed by atoms with Crippen molar-refractivity contribution in [1.82, 2.24) is 24.8 Å². The smallest absolute Gasteiger partial charge is 0.325 e. The third-order valence-electron chi connectivity index (χ3n) is 5.16. The number of pyridine rings is 1. The van der Waals surface area contributed by atoms with Crippen molar-refractivity contribution < 1.29 is 9.59 Å². The van der Waals surface area contributed by atoms with Crippen molar-refractivity contribution in [2.45, 2.75) is 24.9 Å². The van der Waals surface area contributed by atoms with Crippen molar-refractivity contribution in [1.29, 1.82) is 0 Å². The lowest BCUT2D eigenvalue weighted by Crippen LogP contribution is -2.55. The summed E-state index contributed by atoms with van der Waals surface area (Å²) in [6.07, 6.45) is 6.01. The lowest BCUT2D eigenvalue weighted by atomic mass is 9.87.